The number of pyridine rings is 1. The molecule has 2 heterocycles. The van der Waals surface area contributed by atoms with Gasteiger partial charge < -0.3 is 14.7 Å². The Balaban J connectivity index is 1.77. The summed E-state index contributed by atoms with van der Waals surface area (Å²) in [4.78, 5) is 31.6. The number of benzene rings is 2. The summed E-state index contributed by atoms with van der Waals surface area (Å²) in [5, 5.41) is 11.2. The first-order chi connectivity index (χ1) is 16.3. The first kappa shape index (κ1) is 23.2. The first-order valence-electron chi connectivity index (χ1n) is 11.0. The van der Waals surface area contributed by atoms with Gasteiger partial charge in [0.2, 0.25) is 0 Å². The summed E-state index contributed by atoms with van der Waals surface area (Å²) in [7, 11) is 0. The predicted octanol–water partition coefficient (Wildman–Crippen LogP) is 4.88. The van der Waals surface area contributed by atoms with E-state index in [0.717, 1.165) is 0 Å². The van der Waals surface area contributed by atoms with Gasteiger partial charge >= 0.3 is 0 Å². The lowest BCUT2D eigenvalue weighted by Gasteiger charge is -2.25. The minimum atomic E-state index is -0.826. The molecular formula is C27H25FN2O4. The average Bonchev–Trinajstić information content (AvgIpc) is 3.09. The van der Waals surface area contributed by atoms with Crippen molar-refractivity contribution in [2.45, 2.75) is 26.4 Å². The number of nitrogens with zero attached hydrogens (tertiary/aromatic N) is 2. The fourth-order valence-electron chi connectivity index (χ4n) is 3.87. The highest BCUT2D eigenvalue weighted by Gasteiger charge is 2.46. The molecule has 1 unspecified atom stereocenters. The van der Waals surface area contributed by atoms with Crippen LogP contribution in [-0.2, 0) is 16.1 Å². The van der Waals surface area contributed by atoms with Gasteiger partial charge in [-0.2, -0.15) is 0 Å². The standard InChI is InChI=1S/C27H25FN2O4/c1-17(2)16-34-22-5-3-4-20(14-22)25(31)23-24(19-10-12-29-13-11-19)30(27(33)26(23)32)15-18-6-8-21(28)9-7-18/h3-14,17,24,31H,15-16H2,1-2H3/b25-23-. The van der Waals surface area contributed by atoms with Crippen LogP contribution in [-0.4, -0.2) is 33.3 Å². The van der Waals surface area contributed by atoms with Crippen molar-refractivity contribution in [3.05, 3.63) is 101 Å². The minimum Gasteiger partial charge on any atom is -0.507 e. The van der Waals surface area contributed by atoms with E-state index in [4.69, 9.17) is 4.74 Å². The first-order valence-corrected chi connectivity index (χ1v) is 11.0. The zero-order valence-corrected chi connectivity index (χ0v) is 18.9. The van der Waals surface area contributed by atoms with Crippen LogP contribution < -0.4 is 4.74 Å². The molecule has 0 saturated carbocycles. The molecule has 7 heteroatoms. The monoisotopic (exact) mass is 460 g/mol. The van der Waals surface area contributed by atoms with E-state index in [0.29, 0.717) is 35.0 Å². The number of carbonyl (C=O) groups excluding carboxylic acids is 2. The number of rotatable bonds is 7. The molecule has 174 valence electrons. The SMILES string of the molecule is CC(C)COc1cccc(/C(O)=C2/C(=O)C(=O)N(Cc3ccc(F)cc3)C2c2ccncc2)c1. The Kier molecular flexibility index (Phi) is 6.72. The Bertz CT molecular complexity index is 1220. The number of halogens is 1. The van der Waals surface area contributed by atoms with Crippen LogP contribution in [0.5, 0.6) is 5.75 Å². The number of hydrogen-bond acceptors (Lipinski definition) is 5. The van der Waals surface area contributed by atoms with E-state index in [1.54, 1.807) is 60.9 Å². The summed E-state index contributed by atoms with van der Waals surface area (Å²) < 4.78 is 19.1. The van der Waals surface area contributed by atoms with Crippen LogP contribution in [0.25, 0.3) is 5.76 Å². The summed E-state index contributed by atoms with van der Waals surface area (Å²) in [5.41, 5.74) is 1.65. The second-order valence-corrected chi connectivity index (χ2v) is 8.57. The van der Waals surface area contributed by atoms with Crippen molar-refractivity contribution >= 4 is 17.4 Å². The van der Waals surface area contributed by atoms with Crippen molar-refractivity contribution in [3.8, 4) is 5.75 Å². The third-order valence-electron chi connectivity index (χ3n) is 5.52. The van der Waals surface area contributed by atoms with E-state index in [1.807, 2.05) is 13.8 Å². The van der Waals surface area contributed by atoms with Crippen LogP contribution in [0.3, 0.4) is 0 Å². The van der Waals surface area contributed by atoms with Gasteiger partial charge in [0.1, 0.15) is 17.3 Å². The third kappa shape index (κ3) is 4.83. The number of carbonyl (C=O) groups is 2. The van der Waals surface area contributed by atoms with Gasteiger partial charge in [-0.05, 0) is 53.4 Å². The van der Waals surface area contributed by atoms with Crippen molar-refractivity contribution in [1.82, 2.24) is 9.88 Å². The van der Waals surface area contributed by atoms with Crippen LogP contribution in [0.1, 0.15) is 36.6 Å². The van der Waals surface area contributed by atoms with Gasteiger partial charge in [0.15, 0.2) is 0 Å². The topological polar surface area (TPSA) is 79.7 Å². The Hall–Kier alpha value is -4.00. The number of hydrogen-bond donors (Lipinski definition) is 1. The van der Waals surface area contributed by atoms with Crippen molar-refractivity contribution in [1.29, 1.82) is 0 Å². The van der Waals surface area contributed by atoms with Crippen molar-refractivity contribution in [3.63, 3.8) is 0 Å². The molecule has 0 bridgehead atoms. The van der Waals surface area contributed by atoms with E-state index in [2.05, 4.69) is 4.98 Å². The maximum atomic E-state index is 13.4. The molecule has 1 aliphatic heterocycles. The highest BCUT2D eigenvalue weighted by Crippen LogP contribution is 2.40. The number of likely N-dealkylation sites (tertiary alicyclic amines) is 1. The van der Waals surface area contributed by atoms with Crippen molar-refractivity contribution in [2.24, 2.45) is 5.92 Å². The largest absolute Gasteiger partial charge is 0.507 e. The molecule has 6 nitrogen and oxygen atoms in total. The highest BCUT2D eigenvalue weighted by molar-refractivity contribution is 6.46. The quantitative estimate of drug-likeness (QED) is 0.309. The van der Waals surface area contributed by atoms with Gasteiger partial charge in [0.25, 0.3) is 11.7 Å². The number of amides is 1. The summed E-state index contributed by atoms with van der Waals surface area (Å²) in [5.74, 6) is -1.32. The number of aliphatic hydroxyl groups is 1. The molecule has 1 N–H and O–H groups in total. The van der Waals surface area contributed by atoms with E-state index in [-0.39, 0.29) is 17.9 Å². The fourth-order valence-corrected chi connectivity index (χ4v) is 3.87. The molecule has 34 heavy (non-hydrogen) atoms. The van der Waals surface area contributed by atoms with Crippen LogP contribution in [0.15, 0.2) is 78.6 Å². The Morgan fingerprint density at radius 1 is 1.09 bits per heavy atom. The summed E-state index contributed by atoms with van der Waals surface area (Å²) in [6, 6.07) is 15.1. The van der Waals surface area contributed by atoms with Gasteiger partial charge in [0, 0.05) is 24.5 Å². The maximum absolute atomic E-state index is 13.4. The molecule has 4 rings (SSSR count). The molecule has 1 fully saturated rings. The lowest BCUT2D eigenvalue weighted by atomic mass is 9.95. The number of aliphatic hydroxyl groups excluding tert-OH is 1. The van der Waals surface area contributed by atoms with E-state index in [9.17, 15) is 19.1 Å². The summed E-state index contributed by atoms with van der Waals surface area (Å²) in [6.45, 7) is 4.64. The van der Waals surface area contributed by atoms with Crippen LogP contribution >= 0.6 is 0 Å². The van der Waals surface area contributed by atoms with Gasteiger partial charge in [0.05, 0.1) is 18.2 Å². The molecule has 0 spiro atoms. The molecule has 1 amide bonds. The Morgan fingerprint density at radius 2 is 1.79 bits per heavy atom. The molecular weight excluding hydrogens is 435 g/mol. The van der Waals surface area contributed by atoms with E-state index < -0.39 is 23.5 Å². The molecule has 1 aromatic heterocycles. The smallest absolute Gasteiger partial charge is 0.295 e. The Labute approximate surface area is 197 Å². The average molecular weight is 461 g/mol. The second kappa shape index (κ2) is 9.87. The number of ketones is 1. The number of ether oxygens (including phenoxy) is 1. The van der Waals surface area contributed by atoms with Crippen molar-refractivity contribution < 1.29 is 23.8 Å². The third-order valence-corrected chi connectivity index (χ3v) is 5.52. The zero-order valence-electron chi connectivity index (χ0n) is 18.9. The zero-order chi connectivity index (χ0) is 24.2. The molecule has 3 aromatic rings. The van der Waals surface area contributed by atoms with E-state index in [1.165, 1.54) is 17.0 Å². The molecule has 1 saturated heterocycles. The van der Waals surface area contributed by atoms with Gasteiger partial charge in [-0.15, -0.1) is 0 Å². The molecule has 0 aliphatic carbocycles. The fraction of sp³-hybridized carbons (Fsp3) is 0.222. The van der Waals surface area contributed by atoms with E-state index >= 15 is 0 Å². The van der Waals surface area contributed by atoms with Crippen molar-refractivity contribution in [2.75, 3.05) is 6.61 Å². The summed E-state index contributed by atoms with van der Waals surface area (Å²) >= 11 is 0. The summed E-state index contributed by atoms with van der Waals surface area (Å²) in [6.07, 6.45) is 3.13. The Morgan fingerprint density at radius 3 is 2.47 bits per heavy atom. The van der Waals surface area contributed by atoms with Crippen LogP contribution in [0.2, 0.25) is 0 Å². The van der Waals surface area contributed by atoms with Gasteiger partial charge in [-0.3, -0.25) is 14.6 Å². The number of aromatic nitrogens is 1. The minimum absolute atomic E-state index is 0.0145. The molecule has 1 aliphatic rings. The number of Topliss-reactive ketones (excluding diaryl/α,β-unsaturated/α-hetero) is 1. The van der Waals surface area contributed by atoms with Gasteiger partial charge in [-0.25, -0.2) is 4.39 Å². The lowest BCUT2D eigenvalue weighted by molar-refractivity contribution is -0.140. The maximum Gasteiger partial charge on any atom is 0.295 e. The lowest BCUT2D eigenvalue weighted by Crippen LogP contribution is -2.29. The predicted molar refractivity (Wildman–Crippen MR) is 125 cm³/mol. The molecule has 2 aromatic carbocycles. The second-order valence-electron chi connectivity index (χ2n) is 8.57. The van der Waals surface area contributed by atoms with Crippen LogP contribution in [0.4, 0.5) is 4.39 Å². The van der Waals surface area contributed by atoms with Gasteiger partial charge in [-0.1, -0.05) is 38.1 Å². The highest BCUT2D eigenvalue weighted by atomic mass is 19.1. The van der Waals surface area contributed by atoms with Crippen LogP contribution in [0, 0.1) is 11.7 Å². The molecule has 1 atom stereocenters. The normalized spacial score (nSPS) is 17.4. The molecule has 0 radical (unpaired) electrons.